The number of hydrogen-bond acceptors (Lipinski definition) is 3. The quantitative estimate of drug-likeness (QED) is 0.118. The largest absolute Gasteiger partial charge is 0.500 e. The van der Waals surface area contributed by atoms with Crippen LogP contribution in [0.2, 0.25) is 19.6 Å². The first kappa shape index (κ1) is 34.3. The summed E-state index contributed by atoms with van der Waals surface area (Å²) in [5.41, 5.74) is 7.88. The second-order valence-electron chi connectivity index (χ2n) is 15.9. The molecule has 285 valence electrons. The van der Waals surface area contributed by atoms with Gasteiger partial charge < -0.3 is 14.4 Å². The van der Waals surface area contributed by atoms with Gasteiger partial charge in [0.1, 0.15) is 5.58 Å². The van der Waals surface area contributed by atoms with Crippen molar-refractivity contribution in [2.45, 2.75) is 60.1 Å². The van der Waals surface area contributed by atoms with E-state index in [1.807, 2.05) is 24.4 Å². The van der Waals surface area contributed by atoms with E-state index in [4.69, 9.17) is 11.3 Å². The molecule has 0 N–H and O–H groups in total. The topological polar surface area (TPSA) is 38.9 Å². The van der Waals surface area contributed by atoms with E-state index in [9.17, 15) is 4.39 Å². The molecule has 6 heteroatoms. The zero-order valence-electron chi connectivity index (χ0n) is 37.4. The van der Waals surface area contributed by atoms with Gasteiger partial charge in [-0.05, 0) is 75.5 Å². The Morgan fingerprint density at radius 3 is 2.20 bits per heavy atom. The predicted octanol–water partition coefficient (Wildman–Crippen LogP) is 12.8. The maximum absolute atomic E-state index is 13.1. The number of rotatable bonds is 7. The second kappa shape index (κ2) is 17.0. The second-order valence-corrected chi connectivity index (χ2v) is 21.0. The number of aryl methyl sites for hydroxylation is 1. The molecule has 56 heavy (non-hydrogen) atoms. The first-order valence-electron chi connectivity index (χ1n) is 20.9. The van der Waals surface area contributed by atoms with Crippen LogP contribution >= 0.6 is 0 Å². The molecule has 0 saturated heterocycles. The summed E-state index contributed by atoms with van der Waals surface area (Å²) in [6, 6.07) is 45.1. The van der Waals surface area contributed by atoms with Gasteiger partial charge in [0.25, 0.3) is 0 Å². The monoisotopic (exact) mass is 936 g/mol. The van der Waals surface area contributed by atoms with Gasteiger partial charge in [-0.15, -0.1) is 53.6 Å². The zero-order chi connectivity index (χ0) is 43.0. The van der Waals surface area contributed by atoms with Gasteiger partial charge in [-0.1, -0.05) is 136 Å². The normalized spacial score (nSPS) is 13.4. The molecule has 0 fully saturated rings. The van der Waals surface area contributed by atoms with Crippen LogP contribution in [0.3, 0.4) is 0 Å². The van der Waals surface area contributed by atoms with E-state index in [-0.39, 0.29) is 37.0 Å². The molecule has 5 aromatic carbocycles. The summed E-state index contributed by atoms with van der Waals surface area (Å²) < 4.78 is 61.0. The predicted molar refractivity (Wildman–Crippen MR) is 230 cm³/mol. The number of benzene rings is 5. The zero-order valence-corrected chi connectivity index (χ0v) is 35.8. The molecule has 3 heterocycles. The fraction of sp³-hybridized carbons (Fsp3) is 0.200. The van der Waals surface area contributed by atoms with E-state index in [0.717, 1.165) is 39.6 Å². The van der Waals surface area contributed by atoms with Gasteiger partial charge in [0.2, 0.25) is 0 Å². The van der Waals surface area contributed by atoms with Gasteiger partial charge in [-0.25, -0.2) is 4.39 Å². The van der Waals surface area contributed by atoms with Crippen LogP contribution in [0.25, 0.3) is 55.6 Å². The van der Waals surface area contributed by atoms with Crippen molar-refractivity contribution in [2.75, 3.05) is 0 Å². The summed E-state index contributed by atoms with van der Waals surface area (Å²) in [6.45, 7) is 9.63. The molecule has 3 aromatic heterocycles. The molecule has 0 saturated carbocycles. The third kappa shape index (κ3) is 9.86. The molecule has 0 aliphatic heterocycles. The van der Waals surface area contributed by atoms with Crippen molar-refractivity contribution >= 4 is 35.2 Å². The number of hydrogen-bond donors (Lipinski definition) is 0. The third-order valence-corrected chi connectivity index (χ3v) is 11.3. The van der Waals surface area contributed by atoms with Crippen LogP contribution in [0.1, 0.15) is 49.9 Å². The summed E-state index contributed by atoms with van der Waals surface area (Å²) in [5, 5.41) is 3.13. The maximum Gasteiger partial charge on any atom is 0.121 e. The van der Waals surface area contributed by atoms with Gasteiger partial charge >= 0.3 is 0 Å². The SMILES string of the molecule is C[Si](C)(C)c1ccc(-c2[c-]ccc(F)c2)nc1.[2H]C([2H])([2H])c1cnc(-c2[c-]cc3oc4cc(-c5cccc(Cc6ccccc6)c5)ccc4c3c2)cc1C([2H])([2H])C(C)(C)C.[Ir]. The van der Waals surface area contributed by atoms with Crippen molar-refractivity contribution in [2.24, 2.45) is 5.41 Å². The minimum Gasteiger partial charge on any atom is -0.500 e. The minimum absolute atomic E-state index is 0. The number of halogens is 1. The standard InChI is InChI=1S/C36H32NO.C14H15FNSi.Ir/c1-24-23-37-33(20-30(24)22-36(2,3)4)29-14-16-34-32(19-29)31-15-13-28(21-35(31)38-34)27-12-8-11-26(18-27)17-25-9-6-5-7-10-25;1-17(2,3)13-7-8-14(16-10-13)11-5-4-6-12(15)9-11;/h5-13,15-16,18-21,23H,17,22H2,1-4H3;4,6-10H,1-3H3;/q2*-1;/i1D3,22D2;;. The van der Waals surface area contributed by atoms with Gasteiger partial charge in [0.05, 0.1) is 13.7 Å². The van der Waals surface area contributed by atoms with E-state index < -0.39 is 26.7 Å². The van der Waals surface area contributed by atoms with E-state index in [2.05, 4.69) is 115 Å². The Labute approximate surface area is 352 Å². The molecule has 0 bridgehead atoms. The van der Waals surface area contributed by atoms with Crippen molar-refractivity contribution in [3.05, 3.63) is 174 Å². The average Bonchev–Trinajstić information content (AvgIpc) is 3.58. The summed E-state index contributed by atoms with van der Waals surface area (Å²) in [4.78, 5) is 8.84. The summed E-state index contributed by atoms with van der Waals surface area (Å²) in [6.07, 6.45) is 2.14. The molecule has 0 amide bonds. The van der Waals surface area contributed by atoms with Crippen LogP contribution in [-0.4, -0.2) is 18.0 Å². The molecular formula is C50H47FIrN2OSi-2. The Morgan fingerprint density at radius 2 is 1.48 bits per heavy atom. The van der Waals surface area contributed by atoms with E-state index >= 15 is 0 Å². The number of furan rings is 1. The first-order valence-corrected chi connectivity index (χ1v) is 21.9. The number of pyridine rings is 2. The van der Waals surface area contributed by atoms with E-state index in [1.165, 1.54) is 34.6 Å². The van der Waals surface area contributed by atoms with Crippen LogP contribution in [0.15, 0.2) is 138 Å². The molecule has 0 unspecified atom stereocenters. The van der Waals surface area contributed by atoms with Gasteiger partial charge in [-0.3, -0.25) is 0 Å². The molecule has 0 atom stereocenters. The van der Waals surface area contributed by atoms with Crippen molar-refractivity contribution in [1.82, 2.24) is 9.97 Å². The van der Waals surface area contributed by atoms with Crippen LogP contribution in [-0.2, 0) is 32.9 Å². The molecule has 8 rings (SSSR count). The van der Waals surface area contributed by atoms with Crippen LogP contribution in [0.4, 0.5) is 4.39 Å². The Kier molecular flexibility index (Phi) is 10.4. The summed E-state index contributed by atoms with van der Waals surface area (Å²) in [5.74, 6) is -0.255. The smallest absolute Gasteiger partial charge is 0.121 e. The van der Waals surface area contributed by atoms with E-state index in [1.54, 1.807) is 39.0 Å². The molecule has 0 spiro atoms. The van der Waals surface area contributed by atoms with Crippen LogP contribution in [0.5, 0.6) is 0 Å². The van der Waals surface area contributed by atoms with Gasteiger partial charge in [0, 0.05) is 50.6 Å². The number of aromatic nitrogens is 2. The third-order valence-electron chi connectivity index (χ3n) is 9.27. The number of fused-ring (bicyclic) bond motifs is 3. The fourth-order valence-electron chi connectivity index (χ4n) is 6.43. The number of nitrogens with zero attached hydrogens (tertiary/aromatic N) is 2. The minimum atomic E-state index is -2.49. The van der Waals surface area contributed by atoms with Crippen LogP contribution in [0, 0.1) is 30.2 Å². The summed E-state index contributed by atoms with van der Waals surface area (Å²) >= 11 is 0. The average molecular weight is 936 g/mol. The molecule has 0 aliphatic carbocycles. The van der Waals surface area contributed by atoms with Crippen molar-refractivity contribution in [3.63, 3.8) is 0 Å². The maximum atomic E-state index is 13.1. The Balaban J connectivity index is 0.000000290. The molecule has 0 aliphatic rings. The van der Waals surface area contributed by atoms with Crippen molar-refractivity contribution in [1.29, 1.82) is 0 Å². The Morgan fingerprint density at radius 1 is 0.732 bits per heavy atom. The molecule has 8 aromatic rings. The fourth-order valence-corrected chi connectivity index (χ4v) is 7.47. The summed E-state index contributed by atoms with van der Waals surface area (Å²) in [7, 11) is -1.31. The Bertz CT molecular complexity index is 2790. The van der Waals surface area contributed by atoms with Crippen LogP contribution < -0.4 is 5.19 Å². The molecule has 3 nitrogen and oxygen atoms in total. The van der Waals surface area contributed by atoms with E-state index in [0.29, 0.717) is 22.4 Å². The molecular weight excluding hydrogens is 884 g/mol. The van der Waals surface area contributed by atoms with Gasteiger partial charge in [0.15, 0.2) is 0 Å². The van der Waals surface area contributed by atoms with Gasteiger partial charge in [-0.2, -0.15) is 0 Å². The first-order chi connectivity index (χ1) is 28.3. The Hall–Kier alpha value is -5.00. The van der Waals surface area contributed by atoms with Crippen molar-refractivity contribution < 1.29 is 35.8 Å². The van der Waals surface area contributed by atoms with Crippen molar-refractivity contribution in [3.8, 4) is 33.6 Å². The molecule has 1 radical (unpaired) electrons.